The first kappa shape index (κ1) is 11.4. The Bertz CT molecular complexity index is 303. The first-order valence-electron chi connectivity index (χ1n) is 4.41. The Morgan fingerprint density at radius 3 is 2.40 bits per heavy atom. The zero-order chi connectivity index (χ0) is 11.6. The van der Waals surface area contributed by atoms with Crippen LogP contribution in [0.4, 0.5) is 0 Å². The Balaban J connectivity index is 2.70. The van der Waals surface area contributed by atoms with Gasteiger partial charge in [-0.3, -0.25) is 9.59 Å². The number of hydrogen-bond donors (Lipinski definition) is 3. The van der Waals surface area contributed by atoms with E-state index < -0.39 is 36.4 Å². The lowest BCUT2D eigenvalue weighted by atomic mass is 10.2. The molecule has 1 aliphatic heterocycles. The van der Waals surface area contributed by atoms with Crippen molar-refractivity contribution in [3.05, 3.63) is 0 Å². The number of hydrogen-bond acceptors (Lipinski definition) is 4. The summed E-state index contributed by atoms with van der Waals surface area (Å²) in [4.78, 5) is 33.4. The summed E-state index contributed by atoms with van der Waals surface area (Å²) in [6, 6.07) is -1.39. The molecule has 0 aliphatic carbocycles. The van der Waals surface area contributed by atoms with Crippen molar-refractivity contribution in [2.24, 2.45) is 5.73 Å². The predicted molar refractivity (Wildman–Crippen MR) is 48.0 cm³/mol. The summed E-state index contributed by atoms with van der Waals surface area (Å²) in [5.74, 6) is -3.13. The van der Waals surface area contributed by atoms with Gasteiger partial charge in [0, 0.05) is 12.6 Å². The van der Waals surface area contributed by atoms with Gasteiger partial charge in [-0.15, -0.1) is 0 Å². The highest BCUT2D eigenvalue weighted by atomic mass is 16.4. The third kappa shape index (κ3) is 2.66. The van der Waals surface area contributed by atoms with Gasteiger partial charge < -0.3 is 20.8 Å². The summed E-state index contributed by atoms with van der Waals surface area (Å²) in [5, 5.41) is 17.2. The van der Waals surface area contributed by atoms with E-state index in [2.05, 4.69) is 0 Å². The highest BCUT2D eigenvalue weighted by Gasteiger charge is 2.38. The SMILES string of the molecule is N[C@H]1C[C@H](C(=O)O)N(C(=O)CC(=O)O)C1. The van der Waals surface area contributed by atoms with E-state index in [1.165, 1.54) is 0 Å². The van der Waals surface area contributed by atoms with Crippen LogP contribution in [0.5, 0.6) is 0 Å². The van der Waals surface area contributed by atoms with Gasteiger partial charge in [-0.05, 0) is 6.42 Å². The highest BCUT2D eigenvalue weighted by Crippen LogP contribution is 2.17. The standard InChI is InChI=1S/C8H12N2O5/c9-4-1-5(8(14)15)10(3-4)6(11)2-7(12)13/h4-5H,1-3,9H2,(H,12,13)(H,14,15)/t4-,5+/m0/s1. The molecule has 0 spiro atoms. The zero-order valence-corrected chi connectivity index (χ0v) is 7.92. The number of likely N-dealkylation sites (tertiary alicyclic amines) is 1. The molecule has 1 saturated heterocycles. The Hall–Kier alpha value is -1.63. The molecular formula is C8H12N2O5. The molecule has 0 radical (unpaired) electrons. The molecule has 7 nitrogen and oxygen atoms in total. The van der Waals surface area contributed by atoms with Gasteiger partial charge in [0.1, 0.15) is 12.5 Å². The lowest BCUT2D eigenvalue weighted by molar-refractivity contribution is -0.151. The van der Waals surface area contributed by atoms with Gasteiger partial charge in [0.25, 0.3) is 0 Å². The first-order valence-corrected chi connectivity index (χ1v) is 4.41. The van der Waals surface area contributed by atoms with Crippen LogP contribution in [0.15, 0.2) is 0 Å². The van der Waals surface area contributed by atoms with Gasteiger partial charge in [0.2, 0.25) is 5.91 Å². The summed E-state index contributed by atoms with van der Waals surface area (Å²) in [6.45, 7) is 0.100. The van der Waals surface area contributed by atoms with E-state index in [0.717, 1.165) is 4.90 Å². The van der Waals surface area contributed by atoms with E-state index in [0.29, 0.717) is 0 Å². The van der Waals surface area contributed by atoms with Crippen LogP contribution in [0.3, 0.4) is 0 Å². The lowest BCUT2D eigenvalue weighted by Crippen LogP contribution is -2.41. The average molecular weight is 216 g/mol. The maximum absolute atomic E-state index is 11.3. The monoisotopic (exact) mass is 216 g/mol. The van der Waals surface area contributed by atoms with Crippen LogP contribution in [-0.2, 0) is 14.4 Å². The minimum Gasteiger partial charge on any atom is -0.481 e. The van der Waals surface area contributed by atoms with Crippen LogP contribution in [0.25, 0.3) is 0 Å². The summed E-state index contributed by atoms with van der Waals surface area (Å²) < 4.78 is 0. The van der Waals surface area contributed by atoms with Crippen LogP contribution in [0.1, 0.15) is 12.8 Å². The van der Waals surface area contributed by atoms with Gasteiger partial charge in [0.05, 0.1) is 0 Å². The number of carbonyl (C=O) groups excluding carboxylic acids is 1. The van der Waals surface area contributed by atoms with Crippen molar-refractivity contribution in [2.75, 3.05) is 6.54 Å². The van der Waals surface area contributed by atoms with Gasteiger partial charge in [-0.1, -0.05) is 0 Å². The molecule has 15 heavy (non-hydrogen) atoms. The number of aliphatic carboxylic acids is 2. The van der Waals surface area contributed by atoms with Crippen molar-refractivity contribution >= 4 is 17.8 Å². The van der Waals surface area contributed by atoms with Crippen molar-refractivity contribution in [1.29, 1.82) is 0 Å². The molecule has 0 aromatic carbocycles. The molecule has 84 valence electrons. The molecule has 0 saturated carbocycles. The Morgan fingerprint density at radius 2 is 1.93 bits per heavy atom. The third-order valence-corrected chi connectivity index (χ3v) is 2.24. The molecule has 0 aromatic heterocycles. The fourth-order valence-electron chi connectivity index (χ4n) is 1.61. The second kappa shape index (κ2) is 4.26. The highest BCUT2D eigenvalue weighted by molar-refractivity contribution is 5.95. The summed E-state index contributed by atoms with van der Waals surface area (Å²) in [7, 11) is 0. The van der Waals surface area contributed by atoms with Gasteiger partial charge in [0.15, 0.2) is 0 Å². The minimum absolute atomic E-state index is 0.100. The van der Waals surface area contributed by atoms with Crippen LogP contribution in [0, 0.1) is 0 Å². The topological polar surface area (TPSA) is 121 Å². The van der Waals surface area contributed by atoms with Crippen molar-refractivity contribution in [3.8, 4) is 0 Å². The van der Waals surface area contributed by atoms with Crippen molar-refractivity contribution in [1.82, 2.24) is 4.90 Å². The third-order valence-electron chi connectivity index (χ3n) is 2.24. The largest absolute Gasteiger partial charge is 0.481 e. The summed E-state index contributed by atoms with van der Waals surface area (Å²) in [5.41, 5.74) is 5.52. The molecule has 7 heteroatoms. The van der Waals surface area contributed by atoms with Gasteiger partial charge in [-0.25, -0.2) is 4.79 Å². The maximum Gasteiger partial charge on any atom is 0.326 e. The summed E-state index contributed by atoms with van der Waals surface area (Å²) >= 11 is 0. The average Bonchev–Trinajstić information content (AvgIpc) is 2.46. The molecule has 1 heterocycles. The van der Waals surface area contributed by atoms with Gasteiger partial charge in [-0.2, -0.15) is 0 Å². The van der Waals surface area contributed by atoms with E-state index in [1.54, 1.807) is 0 Å². The molecule has 1 aliphatic rings. The number of nitrogens with zero attached hydrogens (tertiary/aromatic N) is 1. The normalized spacial score (nSPS) is 25.3. The smallest absolute Gasteiger partial charge is 0.326 e. The van der Waals surface area contributed by atoms with Crippen LogP contribution < -0.4 is 5.73 Å². The van der Waals surface area contributed by atoms with Crippen molar-refractivity contribution in [2.45, 2.75) is 24.9 Å². The molecule has 0 unspecified atom stereocenters. The second-order valence-corrected chi connectivity index (χ2v) is 3.47. The molecule has 1 fully saturated rings. The van der Waals surface area contributed by atoms with Crippen molar-refractivity contribution < 1.29 is 24.6 Å². The predicted octanol–water partition coefficient (Wildman–Crippen LogP) is -1.53. The fourth-order valence-corrected chi connectivity index (χ4v) is 1.61. The fraction of sp³-hybridized carbons (Fsp3) is 0.625. The molecule has 1 rings (SSSR count). The minimum atomic E-state index is -1.27. The Kier molecular flexibility index (Phi) is 3.25. The van der Waals surface area contributed by atoms with Crippen LogP contribution in [0.2, 0.25) is 0 Å². The summed E-state index contributed by atoms with van der Waals surface area (Å²) in [6.07, 6.45) is -0.531. The maximum atomic E-state index is 11.3. The molecule has 0 bridgehead atoms. The van der Waals surface area contributed by atoms with Crippen molar-refractivity contribution in [3.63, 3.8) is 0 Å². The van der Waals surface area contributed by atoms with E-state index in [9.17, 15) is 14.4 Å². The van der Waals surface area contributed by atoms with E-state index in [-0.39, 0.29) is 13.0 Å². The number of amides is 1. The molecule has 1 amide bonds. The van der Waals surface area contributed by atoms with E-state index >= 15 is 0 Å². The second-order valence-electron chi connectivity index (χ2n) is 3.47. The Morgan fingerprint density at radius 1 is 1.33 bits per heavy atom. The van der Waals surface area contributed by atoms with Crippen LogP contribution in [-0.4, -0.2) is 51.6 Å². The molecule has 2 atom stereocenters. The molecular weight excluding hydrogens is 204 g/mol. The van der Waals surface area contributed by atoms with Gasteiger partial charge >= 0.3 is 11.9 Å². The first-order chi connectivity index (χ1) is 6.91. The number of carboxylic acid groups (broad SMARTS) is 2. The van der Waals surface area contributed by atoms with E-state index in [4.69, 9.17) is 15.9 Å². The number of rotatable bonds is 3. The van der Waals surface area contributed by atoms with E-state index in [1.807, 2.05) is 0 Å². The number of carboxylic acids is 2. The quantitative estimate of drug-likeness (QED) is 0.492. The molecule has 4 N–H and O–H groups in total. The van der Waals surface area contributed by atoms with Crippen LogP contribution >= 0.6 is 0 Å². The molecule has 0 aromatic rings. The Labute approximate surface area is 85.5 Å². The number of nitrogens with two attached hydrogens (primary N) is 1. The lowest BCUT2D eigenvalue weighted by Gasteiger charge is -2.20. The number of carbonyl (C=O) groups is 3. The zero-order valence-electron chi connectivity index (χ0n) is 7.92.